The molecule has 0 atom stereocenters. The van der Waals surface area contributed by atoms with Crippen LogP contribution >= 0.6 is 0 Å². The molecule has 0 unspecified atom stereocenters. The maximum Gasteiger partial charge on any atom is 0.335 e. The molecule has 2 aromatic rings. The minimum atomic E-state index is -0.951. The number of pyridine rings is 1. The molecule has 1 heterocycles. The molecule has 4 heteroatoms. The Bertz CT molecular complexity index is 606. The maximum atomic E-state index is 11.0. The summed E-state index contributed by atoms with van der Waals surface area (Å²) in [5.74, 6) is -0.352. The van der Waals surface area contributed by atoms with Gasteiger partial charge in [0.05, 0.1) is 17.4 Å². The Morgan fingerprint density at radius 1 is 1.26 bits per heavy atom. The Hall–Kier alpha value is -2.36. The topological polar surface area (TPSA) is 59.4 Å². The molecular formula is C15H13NO3. The van der Waals surface area contributed by atoms with Gasteiger partial charge in [0.15, 0.2) is 0 Å². The minimum absolute atomic E-state index is 0.214. The van der Waals surface area contributed by atoms with Gasteiger partial charge >= 0.3 is 5.97 Å². The average Bonchev–Trinajstić information content (AvgIpc) is 3.23. The lowest BCUT2D eigenvalue weighted by Crippen LogP contribution is -2.02. The number of aromatic nitrogens is 1. The van der Waals surface area contributed by atoms with Crippen LogP contribution < -0.4 is 4.74 Å². The third-order valence-corrected chi connectivity index (χ3v) is 2.99. The van der Waals surface area contributed by atoms with Crippen LogP contribution in [0.5, 0.6) is 5.75 Å². The lowest BCUT2D eigenvalue weighted by atomic mass is 10.1. The van der Waals surface area contributed by atoms with Gasteiger partial charge in [-0.05, 0) is 43.2 Å². The molecule has 0 aliphatic heterocycles. The van der Waals surface area contributed by atoms with Gasteiger partial charge < -0.3 is 9.84 Å². The molecule has 96 valence electrons. The lowest BCUT2D eigenvalue weighted by Gasteiger charge is -2.11. The second kappa shape index (κ2) is 4.72. The van der Waals surface area contributed by atoms with Crippen LogP contribution in [0.2, 0.25) is 0 Å². The highest BCUT2D eigenvalue weighted by atomic mass is 16.5. The summed E-state index contributed by atoms with van der Waals surface area (Å²) in [5.41, 5.74) is 1.85. The first kappa shape index (κ1) is 11.7. The van der Waals surface area contributed by atoms with E-state index in [2.05, 4.69) is 4.98 Å². The summed E-state index contributed by atoms with van der Waals surface area (Å²) in [6.45, 7) is 0. The summed E-state index contributed by atoms with van der Waals surface area (Å²) in [4.78, 5) is 15.3. The van der Waals surface area contributed by atoms with E-state index in [0.29, 0.717) is 5.75 Å². The van der Waals surface area contributed by atoms with Gasteiger partial charge in [-0.1, -0.05) is 6.07 Å². The third kappa shape index (κ3) is 2.57. The van der Waals surface area contributed by atoms with E-state index in [1.54, 1.807) is 24.4 Å². The first-order valence-electron chi connectivity index (χ1n) is 6.19. The average molecular weight is 255 g/mol. The van der Waals surface area contributed by atoms with Gasteiger partial charge in [0.1, 0.15) is 5.75 Å². The number of carboxylic acids is 1. The van der Waals surface area contributed by atoms with Gasteiger partial charge in [-0.15, -0.1) is 0 Å². The SMILES string of the molecule is O=C(O)c1ccc(-c2ccccn2)c(OC2CC2)c1. The molecule has 1 fully saturated rings. The van der Waals surface area contributed by atoms with Crippen molar-refractivity contribution in [2.75, 3.05) is 0 Å². The third-order valence-electron chi connectivity index (χ3n) is 2.99. The number of nitrogens with zero attached hydrogens (tertiary/aromatic N) is 1. The van der Waals surface area contributed by atoms with E-state index in [4.69, 9.17) is 9.84 Å². The van der Waals surface area contributed by atoms with Crippen molar-refractivity contribution in [1.29, 1.82) is 0 Å². The summed E-state index contributed by atoms with van der Waals surface area (Å²) in [6.07, 6.45) is 3.98. The van der Waals surface area contributed by atoms with Crippen molar-refractivity contribution in [3.05, 3.63) is 48.2 Å². The molecular weight excluding hydrogens is 242 g/mol. The van der Waals surface area contributed by atoms with Crippen molar-refractivity contribution in [3.8, 4) is 17.0 Å². The predicted molar refractivity (Wildman–Crippen MR) is 70.3 cm³/mol. The molecule has 0 radical (unpaired) electrons. The number of benzene rings is 1. The molecule has 0 spiro atoms. The van der Waals surface area contributed by atoms with Crippen LogP contribution in [-0.4, -0.2) is 22.2 Å². The lowest BCUT2D eigenvalue weighted by molar-refractivity contribution is 0.0696. The summed E-state index contributed by atoms with van der Waals surface area (Å²) in [5, 5.41) is 9.05. The zero-order chi connectivity index (χ0) is 13.2. The Labute approximate surface area is 110 Å². The van der Waals surface area contributed by atoms with E-state index in [0.717, 1.165) is 24.1 Å². The Kier molecular flexibility index (Phi) is 2.91. The number of carboxylic acid groups (broad SMARTS) is 1. The number of rotatable bonds is 4. The molecule has 19 heavy (non-hydrogen) atoms. The number of ether oxygens (including phenoxy) is 1. The zero-order valence-corrected chi connectivity index (χ0v) is 10.2. The van der Waals surface area contributed by atoms with E-state index in [-0.39, 0.29) is 11.7 Å². The highest BCUT2D eigenvalue weighted by molar-refractivity contribution is 5.89. The van der Waals surface area contributed by atoms with Crippen LogP contribution in [0.15, 0.2) is 42.6 Å². The van der Waals surface area contributed by atoms with Crippen LogP contribution in [0.1, 0.15) is 23.2 Å². The number of aromatic carboxylic acids is 1. The fourth-order valence-electron chi connectivity index (χ4n) is 1.85. The largest absolute Gasteiger partial charge is 0.490 e. The Balaban J connectivity index is 2.04. The van der Waals surface area contributed by atoms with Crippen LogP contribution in [0.4, 0.5) is 0 Å². The van der Waals surface area contributed by atoms with E-state index in [1.165, 1.54) is 0 Å². The van der Waals surface area contributed by atoms with Gasteiger partial charge in [0.25, 0.3) is 0 Å². The van der Waals surface area contributed by atoms with Crippen molar-refractivity contribution >= 4 is 5.97 Å². The van der Waals surface area contributed by atoms with E-state index in [9.17, 15) is 4.79 Å². The maximum absolute atomic E-state index is 11.0. The van der Waals surface area contributed by atoms with E-state index < -0.39 is 5.97 Å². The summed E-state index contributed by atoms with van der Waals surface area (Å²) in [6, 6.07) is 10.5. The van der Waals surface area contributed by atoms with Crippen LogP contribution in [-0.2, 0) is 0 Å². The molecule has 0 amide bonds. The quantitative estimate of drug-likeness (QED) is 0.912. The number of carbonyl (C=O) groups is 1. The predicted octanol–water partition coefficient (Wildman–Crippen LogP) is 2.99. The van der Waals surface area contributed by atoms with Crippen molar-refractivity contribution in [1.82, 2.24) is 4.98 Å². The normalized spacial score (nSPS) is 14.1. The van der Waals surface area contributed by atoms with Crippen molar-refractivity contribution in [3.63, 3.8) is 0 Å². The highest BCUT2D eigenvalue weighted by Crippen LogP contribution is 2.34. The van der Waals surface area contributed by atoms with Crippen molar-refractivity contribution in [2.24, 2.45) is 0 Å². The molecule has 0 bridgehead atoms. The molecule has 1 aromatic carbocycles. The van der Waals surface area contributed by atoms with Crippen LogP contribution in [0.25, 0.3) is 11.3 Å². The van der Waals surface area contributed by atoms with Gasteiger partial charge in [0.2, 0.25) is 0 Å². The fourth-order valence-corrected chi connectivity index (χ4v) is 1.85. The van der Waals surface area contributed by atoms with Gasteiger partial charge in [0, 0.05) is 11.8 Å². The summed E-state index contributed by atoms with van der Waals surface area (Å²) < 4.78 is 5.80. The fraction of sp³-hybridized carbons (Fsp3) is 0.200. The van der Waals surface area contributed by atoms with Gasteiger partial charge in [-0.3, -0.25) is 4.98 Å². The van der Waals surface area contributed by atoms with Gasteiger partial charge in [-0.2, -0.15) is 0 Å². The van der Waals surface area contributed by atoms with Crippen LogP contribution in [0, 0.1) is 0 Å². The molecule has 0 saturated heterocycles. The number of hydrogen-bond acceptors (Lipinski definition) is 3. The van der Waals surface area contributed by atoms with E-state index in [1.807, 2.05) is 18.2 Å². The van der Waals surface area contributed by atoms with Crippen molar-refractivity contribution < 1.29 is 14.6 Å². The zero-order valence-electron chi connectivity index (χ0n) is 10.2. The second-order valence-electron chi connectivity index (χ2n) is 4.55. The first-order valence-corrected chi connectivity index (χ1v) is 6.19. The molecule has 1 N–H and O–H groups in total. The smallest absolute Gasteiger partial charge is 0.335 e. The van der Waals surface area contributed by atoms with Crippen LogP contribution in [0.3, 0.4) is 0 Å². The first-order chi connectivity index (χ1) is 9.24. The standard InChI is InChI=1S/C15H13NO3/c17-15(18)10-4-7-12(13-3-1-2-8-16-13)14(9-10)19-11-5-6-11/h1-4,7-9,11H,5-6H2,(H,17,18). The number of hydrogen-bond donors (Lipinski definition) is 1. The van der Waals surface area contributed by atoms with E-state index >= 15 is 0 Å². The van der Waals surface area contributed by atoms with Gasteiger partial charge in [-0.25, -0.2) is 4.79 Å². The summed E-state index contributed by atoms with van der Waals surface area (Å²) >= 11 is 0. The molecule has 1 aliphatic carbocycles. The molecule has 1 aliphatic rings. The summed E-state index contributed by atoms with van der Waals surface area (Å²) in [7, 11) is 0. The Morgan fingerprint density at radius 2 is 2.11 bits per heavy atom. The molecule has 3 rings (SSSR count). The molecule has 1 aromatic heterocycles. The highest BCUT2D eigenvalue weighted by Gasteiger charge is 2.25. The van der Waals surface area contributed by atoms with Crippen molar-refractivity contribution in [2.45, 2.75) is 18.9 Å². The minimum Gasteiger partial charge on any atom is -0.490 e. The monoisotopic (exact) mass is 255 g/mol. The molecule has 4 nitrogen and oxygen atoms in total. The molecule has 1 saturated carbocycles. The Morgan fingerprint density at radius 3 is 2.74 bits per heavy atom. The second-order valence-corrected chi connectivity index (χ2v) is 4.55.